The van der Waals surface area contributed by atoms with Crippen LogP contribution in [-0.4, -0.2) is 34.9 Å². The largest absolute Gasteiger partial charge is 0.350 e. The molecular weight excluding hydrogens is 224 g/mol. The number of carbonyl (C=O) groups excluding carboxylic acids is 2. The van der Waals surface area contributed by atoms with Gasteiger partial charge >= 0.3 is 0 Å². The lowest BCUT2D eigenvalue weighted by Crippen LogP contribution is -2.51. The lowest BCUT2D eigenvalue weighted by molar-refractivity contribution is -0.129. The fourth-order valence-corrected chi connectivity index (χ4v) is 1.26. The molecule has 2 atom stereocenters. The molecule has 2 amide bonds. The monoisotopic (exact) mass is 246 g/mol. The zero-order valence-electron chi connectivity index (χ0n) is 10.9. The third-order valence-electron chi connectivity index (χ3n) is 1.97. The zero-order valence-corrected chi connectivity index (χ0v) is 11.7. The maximum absolute atomic E-state index is 11.7. The van der Waals surface area contributed by atoms with Gasteiger partial charge in [0.2, 0.25) is 11.8 Å². The summed E-state index contributed by atoms with van der Waals surface area (Å²) in [4.78, 5) is 23.2. The first-order valence-electron chi connectivity index (χ1n) is 5.32. The van der Waals surface area contributed by atoms with Crippen LogP contribution in [0.25, 0.3) is 0 Å². The van der Waals surface area contributed by atoms with Crippen molar-refractivity contribution in [1.29, 1.82) is 0 Å². The van der Waals surface area contributed by atoms with Gasteiger partial charge in [0.15, 0.2) is 0 Å². The molecule has 0 aromatic heterocycles. The Bertz CT molecular complexity index is 261. The van der Waals surface area contributed by atoms with Crippen molar-refractivity contribution < 1.29 is 9.59 Å². The first kappa shape index (κ1) is 15.3. The lowest BCUT2D eigenvalue weighted by Gasteiger charge is -2.24. The summed E-state index contributed by atoms with van der Waals surface area (Å²) in [7, 11) is 0. The Morgan fingerprint density at radius 1 is 1.12 bits per heavy atom. The Balaban J connectivity index is 4.21. The standard InChI is InChI=1S/C11H22N2O2S/c1-7(9(14)13-11(3,4)5)12-10(15)8(2)16-6/h7-8H,1-6H3,(H,12,15)(H,13,14). The van der Waals surface area contributed by atoms with Crippen LogP contribution < -0.4 is 10.6 Å². The predicted molar refractivity (Wildman–Crippen MR) is 68.5 cm³/mol. The van der Waals surface area contributed by atoms with Crippen molar-refractivity contribution in [3.63, 3.8) is 0 Å². The molecule has 0 heterocycles. The Kier molecular flexibility index (Phi) is 5.86. The van der Waals surface area contributed by atoms with Crippen LogP contribution in [-0.2, 0) is 9.59 Å². The van der Waals surface area contributed by atoms with Crippen molar-refractivity contribution in [3.05, 3.63) is 0 Å². The minimum Gasteiger partial charge on any atom is -0.350 e. The Labute approximate surface area is 102 Å². The number of hydrogen-bond acceptors (Lipinski definition) is 3. The van der Waals surface area contributed by atoms with E-state index in [4.69, 9.17) is 0 Å². The van der Waals surface area contributed by atoms with Crippen LogP contribution in [0.15, 0.2) is 0 Å². The average Bonchev–Trinajstić information content (AvgIpc) is 2.13. The van der Waals surface area contributed by atoms with Crippen LogP contribution >= 0.6 is 11.8 Å². The summed E-state index contributed by atoms with van der Waals surface area (Å²) in [6, 6.07) is -0.499. The smallest absolute Gasteiger partial charge is 0.242 e. The highest BCUT2D eigenvalue weighted by Crippen LogP contribution is 2.05. The second-order valence-corrected chi connectivity index (χ2v) is 6.03. The van der Waals surface area contributed by atoms with Gasteiger partial charge in [0, 0.05) is 5.54 Å². The maximum atomic E-state index is 11.7. The second-order valence-electron chi connectivity index (χ2n) is 4.85. The van der Waals surface area contributed by atoms with Crippen LogP contribution in [0.5, 0.6) is 0 Å². The molecule has 0 saturated heterocycles. The maximum Gasteiger partial charge on any atom is 0.242 e. The van der Waals surface area contributed by atoms with E-state index in [1.807, 2.05) is 34.0 Å². The Morgan fingerprint density at radius 3 is 2.00 bits per heavy atom. The number of hydrogen-bond donors (Lipinski definition) is 2. The summed E-state index contributed by atoms with van der Waals surface area (Å²) in [5.74, 6) is -0.266. The van der Waals surface area contributed by atoms with Crippen LogP contribution in [0.4, 0.5) is 0 Å². The zero-order chi connectivity index (χ0) is 12.9. The van der Waals surface area contributed by atoms with E-state index >= 15 is 0 Å². The van der Waals surface area contributed by atoms with E-state index in [0.29, 0.717) is 0 Å². The third kappa shape index (κ3) is 6.00. The van der Waals surface area contributed by atoms with Gasteiger partial charge in [-0.1, -0.05) is 0 Å². The van der Waals surface area contributed by atoms with Gasteiger partial charge in [-0.25, -0.2) is 0 Å². The predicted octanol–water partition coefficient (Wildman–Crippen LogP) is 1.16. The summed E-state index contributed by atoms with van der Waals surface area (Å²) in [6.45, 7) is 9.22. The molecule has 0 aromatic rings. The van der Waals surface area contributed by atoms with E-state index in [1.165, 1.54) is 11.8 Å². The third-order valence-corrected chi connectivity index (χ3v) is 2.89. The molecule has 0 aromatic carbocycles. The molecule has 0 saturated carbocycles. The molecule has 0 aliphatic carbocycles. The summed E-state index contributed by atoms with van der Waals surface area (Å²) in [6.07, 6.45) is 1.87. The van der Waals surface area contributed by atoms with Crippen LogP contribution in [0, 0.1) is 0 Å². The Morgan fingerprint density at radius 2 is 1.62 bits per heavy atom. The van der Waals surface area contributed by atoms with Gasteiger partial charge in [-0.2, -0.15) is 11.8 Å². The molecule has 0 aliphatic heterocycles. The van der Waals surface area contributed by atoms with Crippen LogP contribution in [0.1, 0.15) is 34.6 Å². The molecule has 2 unspecified atom stereocenters. The van der Waals surface area contributed by atoms with Gasteiger partial charge in [-0.3, -0.25) is 9.59 Å². The molecule has 0 rings (SSSR count). The number of amides is 2. The topological polar surface area (TPSA) is 58.2 Å². The van der Waals surface area contributed by atoms with E-state index in [-0.39, 0.29) is 22.6 Å². The van der Waals surface area contributed by atoms with E-state index in [0.717, 1.165) is 0 Å². The molecule has 94 valence electrons. The van der Waals surface area contributed by atoms with Crippen LogP contribution in [0.3, 0.4) is 0 Å². The van der Waals surface area contributed by atoms with E-state index in [2.05, 4.69) is 10.6 Å². The molecule has 16 heavy (non-hydrogen) atoms. The molecule has 0 bridgehead atoms. The van der Waals surface area contributed by atoms with Crippen molar-refractivity contribution in [1.82, 2.24) is 10.6 Å². The minimum atomic E-state index is -0.499. The van der Waals surface area contributed by atoms with Gasteiger partial charge in [0.25, 0.3) is 0 Å². The second kappa shape index (κ2) is 6.13. The lowest BCUT2D eigenvalue weighted by atomic mass is 10.1. The van der Waals surface area contributed by atoms with E-state index in [9.17, 15) is 9.59 Å². The fraction of sp³-hybridized carbons (Fsp3) is 0.818. The Hall–Kier alpha value is -0.710. The summed E-state index contributed by atoms with van der Waals surface area (Å²) < 4.78 is 0. The highest BCUT2D eigenvalue weighted by Gasteiger charge is 2.22. The fourth-order valence-electron chi connectivity index (χ4n) is 0.981. The molecule has 0 aliphatic rings. The average molecular weight is 246 g/mol. The van der Waals surface area contributed by atoms with Gasteiger partial charge in [-0.05, 0) is 40.9 Å². The molecule has 2 N–H and O–H groups in total. The summed E-state index contributed by atoms with van der Waals surface area (Å²) in [5, 5.41) is 5.37. The minimum absolute atomic E-state index is 0.107. The highest BCUT2D eigenvalue weighted by molar-refractivity contribution is 7.99. The molecule has 4 nitrogen and oxygen atoms in total. The van der Waals surface area contributed by atoms with E-state index in [1.54, 1.807) is 6.92 Å². The summed E-state index contributed by atoms with van der Waals surface area (Å²) in [5.41, 5.74) is -0.277. The number of carbonyl (C=O) groups is 2. The van der Waals surface area contributed by atoms with Gasteiger partial charge in [0.05, 0.1) is 5.25 Å². The normalized spacial score (nSPS) is 15.1. The quantitative estimate of drug-likeness (QED) is 0.782. The highest BCUT2D eigenvalue weighted by atomic mass is 32.2. The van der Waals surface area contributed by atoms with Crippen molar-refractivity contribution in [3.8, 4) is 0 Å². The van der Waals surface area contributed by atoms with E-state index < -0.39 is 6.04 Å². The molecular formula is C11H22N2O2S. The number of thioether (sulfide) groups is 1. The van der Waals surface area contributed by atoms with Crippen molar-refractivity contribution in [2.24, 2.45) is 0 Å². The van der Waals surface area contributed by atoms with Crippen molar-refractivity contribution in [2.75, 3.05) is 6.26 Å². The first-order valence-corrected chi connectivity index (χ1v) is 6.61. The van der Waals surface area contributed by atoms with Gasteiger partial charge in [-0.15, -0.1) is 0 Å². The molecule has 0 fully saturated rings. The van der Waals surface area contributed by atoms with Gasteiger partial charge in [0.1, 0.15) is 6.04 Å². The van der Waals surface area contributed by atoms with Crippen LogP contribution in [0.2, 0.25) is 0 Å². The van der Waals surface area contributed by atoms with Gasteiger partial charge < -0.3 is 10.6 Å². The number of nitrogens with one attached hydrogen (secondary N) is 2. The van der Waals surface area contributed by atoms with Crippen molar-refractivity contribution in [2.45, 2.75) is 51.4 Å². The molecule has 0 radical (unpaired) electrons. The summed E-state index contributed by atoms with van der Waals surface area (Å²) >= 11 is 1.46. The van der Waals surface area contributed by atoms with Crippen molar-refractivity contribution >= 4 is 23.6 Å². The molecule has 5 heteroatoms. The first-order chi connectivity index (χ1) is 7.17. The SMILES string of the molecule is CSC(C)C(=O)NC(C)C(=O)NC(C)(C)C. The number of rotatable bonds is 4. The molecule has 0 spiro atoms.